The van der Waals surface area contributed by atoms with Crippen LogP contribution in [0.2, 0.25) is 5.02 Å². The van der Waals surface area contributed by atoms with E-state index >= 15 is 0 Å². The van der Waals surface area contributed by atoms with E-state index in [-0.39, 0.29) is 30.9 Å². The third kappa shape index (κ3) is 4.74. The molecule has 6 heteroatoms. The smallest absolute Gasteiger partial charge is 0.0950 e. The van der Waals surface area contributed by atoms with Crippen LogP contribution < -0.4 is 5.32 Å². The van der Waals surface area contributed by atoms with Crippen LogP contribution in [0.15, 0.2) is 54.6 Å². The Kier molecular flexibility index (Phi) is 7.90. The molecule has 0 radical (unpaired) electrons. The Bertz CT molecular complexity index is 883. The summed E-state index contributed by atoms with van der Waals surface area (Å²) in [7, 11) is 0. The number of aliphatic hydroxyl groups is 1. The van der Waals surface area contributed by atoms with Gasteiger partial charge in [0.2, 0.25) is 0 Å². The first-order valence-corrected chi connectivity index (χ1v) is 9.17. The van der Waals surface area contributed by atoms with Crippen molar-refractivity contribution in [2.75, 3.05) is 6.54 Å². The van der Waals surface area contributed by atoms with Gasteiger partial charge in [-0.15, -0.1) is 24.8 Å². The zero-order valence-electron chi connectivity index (χ0n) is 14.8. The summed E-state index contributed by atoms with van der Waals surface area (Å²) in [4.78, 5) is 4.78. The van der Waals surface area contributed by atoms with Gasteiger partial charge in [0.15, 0.2) is 0 Å². The Morgan fingerprint density at radius 1 is 1.04 bits per heavy atom. The molecular weight excluding hydrogens is 403 g/mol. The predicted molar refractivity (Wildman–Crippen MR) is 117 cm³/mol. The van der Waals surface area contributed by atoms with Crippen molar-refractivity contribution < 1.29 is 5.11 Å². The first kappa shape index (κ1) is 21.9. The van der Waals surface area contributed by atoms with Gasteiger partial charge in [-0.1, -0.05) is 54.4 Å². The predicted octanol–water partition coefficient (Wildman–Crippen LogP) is 5.57. The van der Waals surface area contributed by atoms with Gasteiger partial charge in [-0.2, -0.15) is 0 Å². The SMILES string of the molecule is Cl.Cl.OC(c1cc(-c2ccccc2)nc2cc(Cl)ccc12)C1CCCCN1. The van der Waals surface area contributed by atoms with Crippen LogP contribution in [0.3, 0.4) is 0 Å². The monoisotopic (exact) mass is 424 g/mol. The maximum Gasteiger partial charge on any atom is 0.0950 e. The van der Waals surface area contributed by atoms with E-state index in [0.29, 0.717) is 5.02 Å². The topological polar surface area (TPSA) is 45.2 Å². The van der Waals surface area contributed by atoms with Crippen LogP contribution >= 0.6 is 36.4 Å². The van der Waals surface area contributed by atoms with E-state index in [4.69, 9.17) is 16.6 Å². The molecule has 2 heterocycles. The highest BCUT2D eigenvalue weighted by atomic mass is 35.5. The number of nitrogens with one attached hydrogen (secondary N) is 1. The number of pyridine rings is 1. The molecule has 0 aliphatic carbocycles. The molecule has 1 aliphatic rings. The second-order valence-corrected chi connectivity index (χ2v) is 7.06. The highest BCUT2D eigenvalue weighted by molar-refractivity contribution is 6.31. The molecule has 27 heavy (non-hydrogen) atoms. The molecule has 1 aromatic heterocycles. The zero-order valence-corrected chi connectivity index (χ0v) is 17.2. The molecule has 0 spiro atoms. The van der Waals surface area contributed by atoms with Crippen LogP contribution in [0.5, 0.6) is 0 Å². The summed E-state index contributed by atoms with van der Waals surface area (Å²) in [6.07, 6.45) is 2.74. The van der Waals surface area contributed by atoms with Crippen LogP contribution in [0, 0.1) is 0 Å². The molecule has 2 N–H and O–H groups in total. The van der Waals surface area contributed by atoms with E-state index in [2.05, 4.69) is 5.32 Å². The molecule has 144 valence electrons. The highest BCUT2D eigenvalue weighted by Gasteiger charge is 2.25. The van der Waals surface area contributed by atoms with Crippen LogP contribution in [-0.4, -0.2) is 22.7 Å². The summed E-state index contributed by atoms with van der Waals surface area (Å²) in [5.41, 5.74) is 3.63. The fourth-order valence-corrected chi connectivity index (χ4v) is 3.76. The van der Waals surface area contributed by atoms with Gasteiger partial charge < -0.3 is 10.4 Å². The number of hydrogen-bond donors (Lipinski definition) is 2. The van der Waals surface area contributed by atoms with Crippen molar-refractivity contribution in [3.05, 3.63) is 65.2 Å². The summed E-state index contributed by atoms with van der Waals surface area (Å²) in [5.74, 6) is 0. The summed E-state index contributed by atoms with van der Waals surface area (Å²) in [5, 5.41) is 16.1. The number of aromatic nitrogens is 1. The summed E-state index contributed by atoms with van der Waals surface area (Å²) in [6.45, 7) is 0.960. The first-order chi connectivity index (χ1) is 12.2. The zero-order chi connectivity index (χ0) is 17.2. The van der Waals surface area contributed by atoms with Crippen LogP contribution in [-0.2, 0) is 0 Å². The third-order valence-electron chi connectivity index (χ3n) is 4.92. The Morgan fingerprint density at radius 3 is 2.52 bits per heavy atom. The molecule has 1 aliphatic heterocycles. The highest BCUT2D eigenvalue weighted by Crippen LogP contribution is 2.33. The normalized spacial score (nSPS) is 17.6. The molecule has 3 aromatic rings. The minimum absolute atomic E-state index is 0. The molecule has 1 saturated heterocycles. The van der Waals surface area contributed by atoms with E-state index in [1.807, 2.05) is 54.6 Å². The van der Waals surface area contributed by atoms with Crippen molar-refractivity contribution in [3.63, 3.8) is 0 Å². The maximum absolute atomic E-state index is 11.1. The van der Waals surface area contributed by atoms with Gasteiger partial charge in [-0.25, -0.2) is 4.98 Å². The minimum atomic E-state index is -0.561. The van der Waals surface area contributed by atoms with Gasteiger partial charge in [0, 0.05) is 22.0 Å². The van der Waals surface area contributed by atoms with E-state index in [1.165, 1.54) is 6.42 Å². The molecule has 0 saturated carbocycles. The Balaban J connectivity index is 0.00000131. The summed E-state index contributed by atoms with van der Waals surface area (Å²) < 4.78 is 0. The maximum atomic E-state index is 11.1. The molecule has 3 nitrogen and oxygen atoms in total. The van der Waals surface area contributed by atoms with E-state index in [9.17, 15) is 5.11 Å². The number of hydrogen-bond acceptors (Lipinski definition) is 3. The van der Waals surface area contributed by atoms with Crippen molar-refractivity contribution in [1.29, 1.82) is 0 Å². The Morgan fingerprint density at radius 2 is 1.81 bits per heavy atom. The van der Waals surface area contributed by atoms with Gasteiger partial charge in [-0.3, -0.25) is 0 Å². The summed E-state index contributed by atoms with van der Waals surface area (Å²) in [6, 6.07) is 17.8. The Hall–Kier alpha value is -1.36. The number of fused-ring (bicyclic) bond motifs is 1. The van der Waals surface area contributed by atoms with Crippen molar-refractivity contribution >= 4 is 47.3 Å². The first-order valence-electron chi connectivity index (χ1n) is 8.79. The standard InChI is InChI=1S/C21H21ClN2O.2ClH/c22-15-9-10-16-17(21(25)18-8-4-5-11-23-18)13-19(24-20(16)12-15)14-6-2-1-3-7-14;;/h1-3,6-7,9-10,12-13,18,21,23,25H,4-5,8,11H2;2*1H. The van der Waals surface area contributed by atoms with Crippen molar-refractivity contribution in [1.82, 2.24) is 10.3 Å². The fourth-order valence-electron chi connectivity index (χ4n) is 3.60. The molecule has 2 unspecified atom stereocenters. The van der Waals surface area contributed by atoms with Gasteiger partial charge in [-0.05, 0) is 43.1 Å². The minimum Gasteiger partial charge on any atom is -0.387 e. The Labute approximate surface area is 177 Å². The lowest BCUT2D eigenvalue weighted by Crippen LogP contribution is -2.38. The quantitative estimate of drug-likeness (QED) is 0.576. The van der Waals surface area contributed by atoms with Gasteiger partial charge in [0.05, 0.1) is 17.3 Å². The lowest BCUT2D eigenvalue weighted by Gasteiger charge is -2.29. The number of nitrogens with zero attached hydrogens (tertiary/aromatic N) is 1. The van der Waals surface area contributed by atoms with Gasteiger partial charge in [0.25, 0.3) is 0 Å². The molecule has 0 amide bonds. The van der Waals surface area contributed by atoms with Crippen LogP contribution in [0.1, 0.15) is 30.9 Å². The molecule has 1 fully saturated rings. The number of halogens is 3. The average Bonchev–Trinajstić information content (AvgIpc) is 2.67. The molecular formula is C21H23Cl3N2O. The van der Waals surface area contributed by atoms with E-state index in [1.54, 1.807) is 0 Å². The van der Waals surface area contributed by atoms with Gasteiger partial charge in [0.1, 0.15) is 0 Å². The van der Waals surface area contributed by atoms with Crippen molar-refractivity contribution in [2.24, 2.45) is 0 Å². The fraction of sp³-hybridized carbons (Fsp3) is 0.286. The number of rotatable bonds is 3. The van der Waals surface area contributed by atoms with E-state index < -0.39 is 6.10 Å². The molecule has 0 bridgehead atoms. The third-order valence-corrected chi connectivity index (χ3v) is 5.16. The lowest BCUT2D eigenvalue weighted by molar-refractivity contribution is 0.115. The van der Waals surface area contributed by atoms with Crippen LogP contribution in [0.4, 0.5) is 0 Å². The number of piperidine rings is 1. The molecule has 2 aromatic carbocycles. The summed E-state index contributed by atoms with van der Waals surface area (Å²) >= 11 is 6.18. The van der Waals surface area contributed by atoms with Crippen LogP contribution in [0.25, 0.3) is 22.2 Å². The molecule has 4 rings (SSSR count). The number of aliphatic hydroxyl groups excluding tert-OH is 1. The lowest BCUT2D eigenvalue weighted by atomic mass is 9.92. The van der Waals surface area contributed by atoms with Crippen molar-refractivity contribution in [3.8, 4) is 11.3 Å². The molecule has 2 atom stereocenters. The average molecular weight is 426 g/mol. The van der Waals surface area contributed by atoms with Crippen molar-refractivity contribution in [2.45, 2.75) is 31.4 Å². The largest absolute Gasteiger partial charge is 0.387 e. The van der Waals surface area contributed by atoms with Gasteiger partial charge >= 0.3 is 0 Å². The number of benzene rings is 2. The second kappa shape index (κ2) is 9.72. The second-order valence-electron chi connectivity index (χ2n) is 6.63. The van der Waals surface area contributed by atoms with E-state index in [0.717, 1.165) is 47.1 Å².